The Labute approximate surface area is 113 Å². The lowest BCUT2D eigenvalue weighted by Gasteiger charge is -2.27. The van der Waals surface area contributed by atoms with Crippen LogP contribution in [0.3, 0.4) is 0 Å². The molecule has 1 aromatic rings. The molecule has 0 spiro atoms. The molecule has 0 radical (unpaired) electrons. The zero-order valence-corrected chi connectivity index (χ0v) is 11.3. The van der Waals surface area contributed by atoms with Crippen molar-refractivity contribution in [3.63, 3.8) is 0 Å². The first-order chi connectivity index (χ1) is 8.58. The summed E-state index contributed by atoms with van der Waals surface area (Å²) in [7, 11) is 0. The molecule has 0 unspecified atom stereocenters. The Bertz CT molecular complexity index is 439. The molecule has 1 saturated carbocycles. The molecule has 3 nitrogen and oxygen atoms in total. The van der Waals surface area contributed by atoms with Gasteiger partial charge in [-0.3, -0.25) is 4.79 Å². The smallest absolute Gasteiger partial charge is 0.253 e. The number of nitrogens with two attached hydrogens (primary N) is 1. The van der Waals surface area contributed by atoms with Crippen LogP contribution in [0.15, 0.2) is 18.2 Å². The highest BCUT2D eigenvalue weighted by Crippen LogP contribution is 2.25. The number of para-hydroxylation sites is 1. The van der Waals surface area contributed by atoms with E-state index < -0.39 is 0 Å². The second kappa shape index (κ2) is 5.61. The second-order valence-electron chi connectivity index (χ2n) is 5.13. The SMILES string of the molecule is CC1CCC(NC(=O)c2cccc(Cl)c2N)CC1. The number of hydrogen-bond donors (Lipinski definition) is 2. The first kappa shape index (κ1) is 13.2. The van der Waals surface area contributed by atoms with Crippen LogP contribution in [0.5, 0.6) is 0 Å². The summed E-state index contributed by atoms with van der Waals surface area (Å²) in [6.45, 7) is 2.26. The van der Waals surface area contributed by atoms with Gasteiger partial charge in [0.25, 0.3) is 5.91 Å². The van der Waals surface area contributed by atoms with Crippen LogP contribution < -0.4 is 11.1 Å². The van der Waals surface area contributed by atoms with Gasteiger partial charge in [0, 0.05) is 6.04 Å². The molecule has 0 aromatic heterocycles. The van der Waals surface area contributed by atoms with E-state index in [-0.39, 0.29) is 11.9 Å². The minimum absolute atomic E-state index is 0.116. The van der Waals surface area contributed by atoms with Crippen molar-refractivity contribution in [3.05, 3.63) is 28.8 Å². The lowest BCUT2D eigenvalue weighted by atomic mass is 9.87. The highest BCUT2D eigenvalue weighted by molar-refractivity contribution is 6.33. The molecule has 0 bridgehead atoms. The number of nitrogen functional groups attached to an aromatic ring is 1. The summed E-state index contributed by atoms with van der Waals surface area (Å²) in [5, 5.41) is 3.48. The molecule has 1 aliphatic carbocycles. The predicted molar refractivity (Wildman–Crippen MR) is 74.8 cm³/mol. The van der Waals surface area contributed by atoms with Crippen molar-refractivity contribution in [2.24, 2.45) is 5.92 Å². The van der Waals surface area contributed by atoms with E-state index in [1.54, 1.807) is 18.2 Å². The summed E-state index contributed by atoms with van der Waals surface area (Å²) < 4.78 is 0. The molecular weight excluding hydrogens is 248 g/mol. The number of carbonyl (C=O) groups is 1. The first-order valence-electron chi connectivity index (χ1n) is 6.42. The molecule has 0 saturated heterocycles. The van der Waals surface area contributed by atoms with Crippen molar-refractivity contribution in [3.8, 4) is 0 Å². The zero-order valence-electron chi connectivity index (χ0n) is 10.6. The van der Waals surface area contributed by atoms with Crippen LogP contribution in [0.2, 0.25) is 5.02 Å². The van der Waals surface area contributed by atoms with Crippen molar-refractivity contribution in [2.45, 2.75) is 38.6 Å². The van der Waals surface area contributed by atoms with Crippen LogP contribution in [0, 0.1) is 5.92 Å². The third-order valence-corrected chi connectivity index (χ3v) is 3.98. The summed E-state index contributed by atoms with van der Waals surface area (Å²) in [6, 6.07) is 5.42. The number of rotatable bonds is 2. The maximum absolute atomic E-state index is 12.1. The molecular formula is C14H19ClN2O. The fourth-order valence-electron chi connectivity index (χ4n) is 2.40. The largest absolute Gasteiger partial charge is 0.397 e. The summed E-state index contributed by atoms with van der Waals surface area (Å²) in [4.78, 5) is 12.1. The molecule has 0 aliphatic heterocycles. The Hall–Kier alpha value is -1.22. The molecule has 1 amide bonds. The van der Waals surface area contributed by atoms with Crippen LogP contribution in [-0.4, -0.2) is 11.9 Å². The van der Waals surface area contributed by atoms with Gasteiger partial charge < -0.3 is 11.1 Å². The van der Waals surface area contributed by atoms with Crippen LogP contribution >= 0.6 is 11.6 Å². The number of anilines is 1. The van der Waals surface area contributed by atoms with Gasteiger partial charge in [0.1, 0.15) is 0 Å². The van der Waals surface area contributed by atoms with E-state index >= 15 is 0 Å². The number of halogens is 1. The third-order valence-electron chi connectivity index (χ3n) is 3.65. The van der Waals surface area contributed by atoms with Gasteiger partial charge >= 0.3 is 0 Å². The minimum atomic E-state index is -0.116. The van der Waals surface area contributed by atoms with E-state index in [1.165, 1.54) is 12.8 Å². The summed E-state index contributed by atoms with van der Waals surface area (Å²) in [6.07, 6.45) is 4.45. The zero-order chi connectivity index (χ0) is 13.1. The van der Waals surface area contributed by atoms with Crippen molar-refractivity contribution < 1.29 is 4.79 Å². The van der Waals surface area contributed by atoms with Crippen LogP contribution in [0.1, 0.15) is 43.0 Å². The molecule has 18 heavy (non-hydrogen) atoms. The van der Waals surface area contributed by atoms with Gasteiger partial charge in [-0.25, -0.2) is 0 Å². The number of nitrogens with one attached hydrogen (secondary N) is 1. The van der Waals surface area contributed by atoms with E-state index in [0.717, 1.165) is 18.8 Å². The van der Waals surface area contributed by atoms with Gasteiger partial charge in [0.15, 0.2) is 0 Å². The number of benzene rings is 1. The second-order valence-corrected chi connectivity index (χ2v) is 5.54. The summed E-state index contributed by atoms with van der Waals surface area (Å²) >= 11 is 5.91. The average Bonchev–Trinajstić information content (AvgIpc) is 2.35. The normalized spacial score (nSPS) is 23.7. The van der Waals surface area contributed by atoms with Gasteiger partial charge in [-0.05, 0) is 43.7 Å². The van der Waals surface area contributed by atoms with E-state index in [1.807, 2.05) is 0 Å². The molecule has 3 N–H and O–H groups in total. The fraction of sp³-hybridized carbons (Fsp3) is 0.500. The number of amides is 1. The highest BCUT2D eigenvalue weighted by Gasteiger charge is 2.21. The van der Waals surface area contributed by atoms with Gasteiger partial charge in [0.05, 0.1) is 16.3 Å². The Balaban J connectivity index is 2.01. The topological polar surface area (TPSA) is 55.1 Å². The highest BCUT2D eigenvalue weighted by atomic mass is 35.5. The van der Waals surface area contributed by atoms with Crippen LogP contribution in [0.4, 0.5) is 5.69 Å². The van der Waals surface area contributed by atoms with Crippen molar-refractivity contribution in [1.82, 2.24) is 5.32 Å². The van der Waals surface area contributed by atoms with E-state index in [2.05, 4.69) is 12.2 Å². The van der Waals surface area contributed by atoms with Crippen LogP contribution in [0.25, 0.3) is 0 Å². The molecule has 0 atom stereocenters. The Kier molecular flexibility index (Phi) is 4.12. The number of carbonyl (C=O) groups excluding carboxylic acids is 1. The van der Waals surface area contributed by atoms with Crippen molar-refractivity contribution >= 4 is 23.2 Å². The van der Waals surface area contributed by atoms with Gasteiger partial charge in [-0.2, -0.15) is 0 Å². The summed E-state index contributed by atoms with van der Waals surface area (Å²) in [5.41, 5.74) is 6.65. The monoisotopic (exact) mass is 266 g/mol. The Morgan fingerprint density at radius 3 is 2.67 bits per heavy atom. The Morgan fingerprint density at radius 1 is 1.33 bits per heavy atom. The van der Waals surface area contributed by atoms with E-state index in [4.69, 9.17) is 17.3 Å². The molecule has 4 heteroatoms. The first-order valence-corrected chi connectivity index (χ1v) is 6.80. The van der Waals surface area contributed by atoms with Gasteiger partial charge in [0.2, 0.25) is 0 Å². The molecule has 0 heterocycles. The quantitative estimate of drug-likeness (QED) is 0.808. The summed E-state index contributed by atoms with van der Waals surface area (Å²) in [5.74, 6) is 0.656. The Morgan fingerprint density at radius 2 is 2.00 bits per heavy atom. The third kappa shape index (κ3) is 2.96. The lowest BCUT2D eigenvalue weighted by molar-refractivity contribution is 0.0924. The van der Waals surface area contributed by atoms with Crippen molar-refractivity contribution in [2.75, 3.05) is 5.73 Å². The van der Waals surface area contributed by atoms with Gasteiger partial charge in [-0.1, -0.05) is 24.6 Å². The van der Waals surface area contributed by atoms with E-state index in [9.17, 15) is 4.79 Å². The molecule has 1 aliphatic rings. The minimum Gasteiger partial charge on any atom is -0.397 e. The molecule has 1 aromatic carbocycles. The van der Waals surface area contributed by atoms with Crippen LogP contribution in [-0.2, 0) is 0 Å². The van der Waals surface area contributed by atoms with Gasteiger partial charge in [-0.15, -0.1) is 0 Å². The lowest BCUT2D eigenvalue weighted by Crippen LogP contribution is -2.37. The average molecular weight is 267 g/mol. The number of hydrogen-bond acceptors (Lipinski definition) is 2. The standard InChI is InChI=1S/C14H19ClN2O/c1-9-5-7-10(8-6-9)17-14(18)11-3-2-4-12(15)13(11)16/h2-4,9-10H,5-8,16H2,1H3,(H,17,18). The van der Waals surface area contributed by atoms with E-state index in [0.29, 0.717) is 16.3 Å². The molecule has 2 rings (SSSR count). The maximum Gasteiger partial charge on any atom is 0.253 e. The fourth-order valence-corrected chi connectivity index (χ4v) is 2.58. The predicted octanol–water partition coefficient (Wildman–Crippen LogP) is 3.23. The maximum atomic E-state index is 12.1. The molecule has 1 fully saturated rings. The van der Waals surface area contributed by atoms with Crippen molar-refractivity contribution in [1.29, 1.82) is 0 Å². The molecule has 98 valence electrons.